The zero-order valence-corrected chi connectivity index (χ0v) is 20.6. The number of fused-ring (bicyclic) bond motifs is 1. The average Bonchev–Trinajstić information content (AvgIpc) is 3.26. The van der Waals surface area contributed by atoms with Crippen LogP contribution in [0.3, 0.4) is 0 Å². The van der Waals surface area contributed by atoms with Gasteiger partial charge in [-0.1, -0.05) is 42.5 Å². The summed E-state index contributed by atoms with van der Waals surface area (Å²) in [6, 6.07) is 31.3. The van der Waals surface area contributed by atoms with Crippen molar-refractivity contribution in [2.45, 2.75) is 20.1 Å². The standard InChI is InChI=1S/C28H23BrN2OS/c1-19-7-13-25-27(15-19)33-28(31-25)22-9-11-23(12-10-22)30-17-21-8-14-26(24(29)16-21)32-18-20-5-3-2-4-6-20/h2-16,30H,17-18H2,1H3. The summed E-state index contributed by atoms with van der Waals surface area (Å²) < 4.78 is 8.14. The second-order valence-electron chi connectivity index (χ2n) is 7.96. The third-order valence-electron chi connectivity index (χ3n) is 5.41. The lowest BCUT2D eigenvalue weighted by atomic mass is 10.2. The molecule has 3 nitrogen and oxygen atoms in total. The van der Waals surface area contributed by atoms with Gasteiger partial charge in [0.15, 0.2) is 0 Å². The normalized spacial score (nSPS) is 11.0. The molecule has 0 fully saturated rings. The first-order valence-corrected chi connectivity index (χ1v) is 12.4. The van der Waals surface area contributed by atoms with Gasteiger partial charge in [0.05, 0.1) is 14.7 Å². The highest BCUT2D eigenvalue weighted by molar-refractivity contribution is 9.10. The Kier molecular flexibility index (Phi) is 6.42. The van der Waals surface area contributed by atoms with Crippen molar-refractivity contribution >= 4 is 43.2 Å². The van der Waals surface area contributed by atoms with Gasteiger partial charge in [0.25, 0.3) is 0 Å². The van der Waals surface area contributed by atoms with Crippen LogP contribution in [-0.4, -0.2) is 4.98 Å². The Balaban J connectivity index is 1.20. The predicted molar refractivity (Wildman–Crippen MR) is 142 cm³/mol. The Hall–Kier alpha value is -3.15. The van der Waals surface area contributed by atoms with Crippen LogP contribution in [0.15, 0.2) is 95.5 Å². The molecule has 0 saturated carbocycles. The number of aromatic nitrogens is 1. The van der Waals surface area contributed by atoms with Gasteiger partial charge in [-0.3, -0.25) is 0 Å². The second-order valence-corrected chi connectivity index (χ2v) is 9.85. The molecule has 0 atom stereocenters. The number of thiazole rings is 1. The van der Waals surface area contributed by atoms with Crippen molar-refractivity contribution in [1.29, 1.82) is 0 Å². The molecule has 1 aromatic heterocycles. The fourth-order valence-electron chi connectivity index (χ4n) is 3.60. The van der Waals surface area contributed by atoms with E-state index in [2.05, 4.69) is 94.9 Å². The van der Waals surface area contributed by atoms with Gasteiger partial charge in [-0.25, -0.2) is 4.98 Å². The maximum atomic E-state index is 5.95. The zero-order valence-electron chi connectivity index (χ0n) is 18.2. The summed E-state index contributed by atoms with van der Waals surface area (Å²) in [5, 5.41) is 4.55. The van der Waals surface area contributed by atoms with Gasteiger partial charge >= 0.3 is 0 Å². The SMILES string of the molecule is Cc1ccc2nc(-c3ccc(NCc4ccc(OCc5ccccc5)c(Br)c4)cc3)sc2c1. The van der Waals surface area contributed by atoms with Crippen molar-refractivity contribution in [1.82, 2.24) is 4.98 Å². The molecule has 0 unspecified atom stereocenters. The quantitative estimate of drug-likeness (QED) is 0.237. The maximum absolute atomic E-state index is 5.95. The van der Waals surface area contributed by atoms with Crippen molar-refractivity contribution in [2.75, 3.05) is 5.32 Å². The van der Waals surface area contributed by atoms with Crippen LogP contribution >= 0.6 is 27.3 Å². The second kappa shape index (κ2) is 9.77. The van der Waals surface area contributed by atoms with Crippen LogP contribution in [0.5, 0.6) is 5.75 Å². The lowest BCUT2D eigenvalue weighted by Crippen LogP contribution is -2.00. The summed E-state index contributed by atoms with van der Waals surface area (Å²) in [6.45, 7) is 3.40. The largest absolute Gasteiger partial charge is 0.488 e. The molecule has 0 aliphatic rings. The molecule has 5 heteroatoms. The molecule has 4 aromatic carbocycles. The Labute approximate surface area is 206 Å². The van der Waals surface area contributed by atoms with Gasteiger partial charge in [-0.2, -0.15) is 0 Å². The van der Waals surface area contributed by atoms with Crippen LogP contribution in [0.4, 0.5) is 5.69 Å². The molecular formula is C28H23BrN2OS. The minimum Gasteiger partial charge on any atom is -0.488 e. The number of hydrogen-bond acceptors (Lipinski definition) is 4. The van der Waals surface area contributed by atoms with Crippen LogP contribution in [-0.2, 0) is 13.2 Å². The lowest BCUT2D eigenvalue weighted by Gasteiger charge is -2.11. The van der Waals surface area contributed by atoms with Crippen LogP contribution < -0.4 is 10.1 Å². The zero-order chi connectivity index (χ0) is 22.6. The first-order valence-electron chi connectivity index (χ1n) is 10.8. The topological polar surface area (TPSA) is 34.2 Å². The van der Waals surface area contributed by atoms with Crippen molar-refractivity contribution in [3.05, 3.63) is 112 Å². The Morgan fingerprint density at radius 1 is 0.879 bits per heavy atom. The van der Waals surface area contributed by atoms with E-state index in [-0.39, 0.29) is 0 Å². The van der Waals surface area contributed by atoms with Crippen molar-refractivity contribution in [3.8, 4) is 16.3 Å². The molecule has 0 aliphatic heterocycles. The Bertz CT molecular complexity index is 1380. The minimum absolute atomic E-state index is 0.553. The van der Waals surface area contributed by atoms with Gasteiger partial charge < -0.3 is 10.1 Å². The third kappa shape index (κ3) is 5.27. The Morgan fingerprint density at radius 3 is 2.48 bits per heavy atom. The number of halogens is 1. The van der Waals surface area contributed by atoms with Crippen LogP contribution in [0.2, 0.25) is 0 Å². The van der Waals surface area contributed by atoms with E-state index in [1.54, 1.807) is 11.3 Å². The number of anilines is 1. The third-order valence-corrected chi connectivity index (χ3v) is 7.09. The van der Waals surface area contributed by atoms with Crippen LogP contribution in [0.25, 0.3) is 20.8 Å². The van der Waals surface area contributed by atoms with E-state index in [1.165, 1.54) is 15.8 Å². The fourth-order valence-corrected chi connectivity index (χ4v) is 5.21. The molecule has 0 amide bonds. The smallest absolute Gasteiger partial charge is 0.134 e. The molecule has 0 spiro atoms. The number of rotatable bonds is 7. The molecule has 164 valence electrons. The monoisotopic (exact) mass is 514 g/mol. The molecular weight excluding hydrogens is 492 g/mol. The van der Waals surface area contributed by atoms with E-state index in [0.29, 0.717) is 6.61 Å². The van der Waals surface area contributed by atoms with Gasteiger partial charge in [0.2, 0.25) is 0 Å². The molecule has 1 heterocycles. The number of ether oxygens (including phenoxy) is 1. The molecule has 0 bridgehead atoms. The summed E-state index contributed by atoms with van der Waals surface area (Å²) in [4.78, 5) is 4.78. The molecule has 5 aromatic rings. The molecule has 1 N–H and O–H groups in total. The van der Waals surface area contributed by atoms with Crippen molar-refractivity contribution in [2.24, 2.45) is 0 Å². The van der Waals surface area contributed by atoms with Crippen molar-refractivity contribution < 1.29 is 4.74 Å². The summed E-state index contributed by atoms with van der Waals surface area (Å²) in [6.07, 6.45) is 0. The number of nitrogens with one attached hydrogen (secondary N) is 1. The van der Waals surface area contributed by atoms with Gasteiger partial charge in [0.1, 0.15) is 17.4 Å². The minimum atomic E-state index is 0.553. The maximum Gasteiger partial charge on any atom is 0.134 e. The molecule has 0 radical (unpaired) electrons. The number of hydrogen-bond donors (Lipinski definition) is 1. The van der Waals surface area contributed by atoms with E-state index in [4.69, 9.17) is 9.72 Å². The summed E-state index contributed by atoms with van der Waals surface area (Å²) >= 11 is 5.38. The van der Waals surface area contributed by atoms with E-state index >= 15 is 0 Å². The molecule has 0 saturated heterocycles. The number of nitrogens with zero attached hydrogens (tertiary/aromatic N) is 1. The molecule has 5 rings (SSSR count). The van der Waals surface area contributed by atoms with Gasteiger partial charge in [0, 0.05) is 17.8 Å². The van der Waals surface area contributed by atoms with E-state index in [9.17, 15) is 0 Å². The van der Waals surface area contributed by atoms with E-state index in [1.807, 2.05) is 24.3 Å². The van der Waals surface area contributed by atoms with Crippen LogP contribution in [0, 0.1) is 6.92 Å². The van der Waals surface area contributed by atoms with Gasteiger partial charge in [-0.05, 0) is 88.1 Å². The molecule has 0 aliphatic carbocycles. The summed E-state index contributed by atoms with van der Waals surface area (Å²) in [7, 11) is 0. The fraction of sp³-hybridized carbons (Fsp3) is 0.107. The molecule has 33 heavy (non-hydrogen) atoms. The number of aryl methyl sites for hydroxylation is 1. The average molecular weight is 515 g/mol. The first kappa shape index (κ1) is 21.7. The first-order chi connectivity index (χ1) is 16.1. The Morgan fingerprint density at radius 2 is 1.70 bits per heavy atom. The van der Waals surface area contributed by atoms with Crippen LogP contribution in [0.1, 0.15) is 16.7 Å². The number of benzene rings is 4. The highest BCUT2D eigenvalue weighted by Crippen LogP contribution is 2.31. The van der Waals surface area contributed by atoms with Gasteiger partial charge in [-0.15, -0.1) is 11.3 Å². The highest BCUT2D eigenvalue weighted by Gasteiger charge is 2.07. The highest BCUT2D eigenvalue weighted by atomic mass is 79.9. The van der Waals surface area contributed by atoms with Crippen molar-refractivity contribution in [3.63, 3.8) is 0 Å². The summed E-state index contributed by atoms with van der Waals surface area (Å²) in [5.74, 6) is 0.845. The predicted octanol–water partition coefficient (Wildman–Crippen LogP) is 8.23. The summed E-state index contributed by atoms with van der Waals surface area (Å²) in [5.41, 5.74) is 6.88. The lowest BCUT2D eigenvalue weighted by molar-refractivity contribution is 0.304. The van der Waals surface area contributed by atoms with E-state index < -0.39 is 0 Å². The van der Waals surface area contributed by atoms with E-state index in [0.717, 1.165) is 44.1 Å².